The number of aliphatic hydroxyl groups is 1. The van der Waals surface area contributed by atoms with Gasteiger partial charge in [-0.2, -0.15) is 0 Å². The highest BCUT2D eigenvalue weighted by Crippen LogP contribution is 2.37. The molecule has 2 heterocycles. The Morgan fingerprint density at radius 3 is 2.71 bits per heavy atom. The van der Waals surface area contributed by atoms with Crippen LogP contribution in [0, 0.1) is 5.92 Å². The number of nitrogen functional groups attached to an aromatic ring is 1. The second kappa shape index (κ2) is 10.5. The van der Waals surface area contributed by atoms with Crippen LogP contribution in [0.1, 0.15) is 38.4 Å². The van der Waals surface area contributed by atoms with Crippen molar-refractivity contribution >= 4 is 5.82 Å². The van der Waals surface area contributed by atoms with Gasteiger partial charge in [0, 0.05) is 25.1 Å². The van der Waals surface area contributed by atoms with E-state index in [9.17, 15) is 5.11 Å². The highest BCUT2D eigenvalue weighted by Gasteiger charge is 2.30. The average molecular weight is 466 g/mol. The molecule has 0 saturated carbocycles. The normalized spacial score (nSPS) is 19.5. The summed E-state index contributed by atoms with van der Waals surface area (Å²) in [4.78, 5) is 6.74. The summed E-state index contributed by atoms with van der Waals surface area (Å²) in [5.74, 6) is 3.34. The largest absolute Gasteiger partial charge is 0.497 e. The molecule has 7 heteroatoms. The third kappa shape index (κ3) is 5.37. The summed E-state index contributed by atoms with van der Waals surface area (Å²) in [5.41, 5.74) is 9.66. The number of hydrogen-bond acceptors (Lipinski definition) is 7. The second-order valence-corrected chi connectivity index (χ2v) is 9.23. The fraction of sp³-hybridized carbons (Fsp3) is 0.444. The molecule has 0 radical (unpaired) electrons. The molecular formula is C27H35N3O4. The third-order valence-electron chi connectivity index (χ3n) is 6.44. The average Bonchev–Trinajstić information content (AvgIpc) is 2.82. The Kier molecular flexibility index (Phi) is 7.44. The van der Waals surface area contributed by atoms with Crippen LogP contribution in [0.5, 0.6) is 5.75 Å². The molecule has 1 fully saturated rings. The first-order chi connectivity index (χ1) is 16.4. The second-order valence-electron chi connectivity index (χ2n) is 9.23. The molecule has 1 aliphatic carbocycles. The molecule has 2 aromatic rings. The van der Waals surface area contributed by atoms with Crippen LogP contribution in [0.4, 0.5) is 5.82 Å². The molecule has 1 aromatic carbocycles. The molecule has 34 heavy (non-hydrogen) atoms. The van der Waals surface area contributed by atoms with Crippen molar-refractivity contribution < 1.29 is 19.3 Å². The number of methoxy groups -OCH3 is 2. The van der Waals surface area contributed by atoms with Gasteiger partial charge in [-0.3, -0.25) is 4.90 Å². The van der Waals surface area contributed by atoms with E-state index in [1.54, 1.807) is 20.3 Å². The summed E-state index contributed by atoms with van der Waals surface area (Å²) < 4.78 is 17.1. The molecule has 0 bridgehead atoms. The molecule has 182 valence electrons. The Balaban J connectivity index is 1.51. The van der Waals surface area contributed by atoms with Crippen LogP contribution in [0.15, 0.2) is 59.6 Å². The summed E-state index contributed by atoms with van der Waals surface area (Å²) in [7, 11) is 3.37. The van der Waals surface area contributed by atoms with E-state index in [2.05, 4.69) is 16.0 Å². The van der Waals surface area contributed by atoms with Gasteiger partial charge in [0.05, 0.1) is 32.1 Å². The number of aromatic nitrogens is 1. The predicted octanol–water partition coefficient (Wildman–Crippen LogP) is 4.31. The molecule has 2 aliphatic rings. The van der Waals surface area contributed by atoms with E-state index < -0.39 is 6.10 Å². The first kappa shape index (κ1) is 24.1. The van der Waals surface area contributed by atoms with Crippen LogP contribution in [0.3, 0.4) is 0 Å². The highest BCUT2D eigenvalue weighted by molar-refractivity contribution is 5.69. The van der Waals surface area contributed by atoms with Crippen LogP contribution in [0.25, 0.3) is 11.3 Å². The number of nitrogens with zero attached hydrogens (tertiary/aromatic N) is 2. The van der Waals surface area contributed by atoms with Gasteiger partial charge in [0.15, 0.2) is 5.76 Å². The van der Waals surface area contributed by atoms with Crippen molar-refractivity contribution in [2.75, 3.05) is 39.6 Å². The van der Waals surface area contributed by atoms with E-state index in [0.29, 0.717) is 24.0 Å². The maximum Gasteiger partial charge on any atom is 0.156 e. The smallest absolute Gasteiger partial charge is 0.156 e. The summed E-state index contributed by atoms with van der Waals surface area (Å²) in [6.45, 7) is 6.26. The monoisotopic (exact) mass is 465 g/mol. The number of likely N-dealkylation sites (tertiary alicyclic amines) is 1. The SMILES string of the molecule is COC1=C(OC)CC2CCN(CC(O)c3ccc(-c4cccc(N)n4)c(OC(C)C)c3)CC2=C1. The van der Waals surface area contributed by atoms with Gasteiger partial charge in [-0.05, 0) is 74.2 Å². The van der Waals surface area contributed by atoms with E-state index in [1.165, 1.54) is 5.57 Å². The summed E-state index contributed by atoms with van der Waals surface area (Å²) in [6.07, 6.45) is 3.36. The quantitative estimate of drug-likeness (QED) is 0.600. The standard InChI is InChI=1S/C27H35N3O4/c1-17(2)34-24-13-19(8-9-21(24)22-6-5-7-27(28)29-22)23(31)16-30-11-10-18-12-25(32-3)26(33-4)14-20(18)15-30/h5-9,13-14,17-18,23,31H,10-12,15-16H2,1-4H3,(H2,28,29). The summed E-state index contributed by atoms with van der Waals surface area (Å²) >= 11 is 0. The van der Waals surface area contributed by atoms with Gasteiger partial charge in [0.1, 0.15) is 17.3 Å². The Morgan fingerprint density at radius 2 is 2.00 bits per heavy atom. The minimum absolute atomic E-state index is 0.00973. The number of fused-ring (bicyclic) bond motifs is 1. The zero-order chi connectivity index (χ0) is 24.2. The van der Waals surface area contributed by atoms with Crippen LogP contribution in [-0.4, -0.2) is 54.9 Å². The lowest BCUT2D eigenvalue weighted by atomic mass is 9.84. The fourth-order valence-corrected chi connectivity index (χ4v) is 4.73. The number of β-amino-alcohol motifs (C(OH)–C–C–N with tert-alkyl or cyclic N) is 1. The Morgan fingerprint density at radius 1 is 1.18 bits per heavy atom. The predicted molar refractivity (Wildman–Crippen MR) is 133 cm³/mol. The molecule has 4 rings (SSSR count). The lowest BCUT2D eigenvalue weighted by Crippen LogP contribution is -2.39. The number of piperidine rings is 1. The Bertz CT molecular complexity index is 1080. The number of hydrogen-bond donors (Lipinski definition) is 2. The first-order valence-electron chi connectivity index (χ1n) is 11.8. The number of anilines is 1. The van der Waals surface area contributed by atoms with Crippen molar-refractivity contribution in [3.63, 3.8) is 0 Å². The molecule has 1 saturated heterocycles. The number of pyridine rings is 1. The molecule has 0 amide bonds. The van der Waals surface area contributed by atoms with Gasteiger partial charge in [-0.25, -0.2) is 4.98 Å². The lowest BCUT2D eigenvalue weighted by Gasteiger charge is -2.37. The van der Waals surface area contributed by atoms with Crippen molar-refractivity contribution in [1.82, 2.24) is 9.88 Å². The van der Waals surface area contributed by atoms with Crippen LogP contribution in [-0.2, 0) is 9.47 Å². The van der Waals surface area contributed by atoms with E-state index in [0.717, 1.165) is 54.3 Å². The van der Waals surface area contributed by atoms with Gasteiger partial charge in [-0.15, -0.1) is 0 Å². The molecular weight excluding hydrogens is 430 g/mol. The topological polar surface area (TPSA) is 90.1 Å². The van der Waals surface area contributed by atoms with E-state index >= 15 is 0 Å². The van der Waals surface area contributed by atoms with Gasteiger partial charge in [0.25, 0.3) is 0 Å². The number of ether oxygens (including phenoxy) is 3. The van der Waals surface area contributed by atoms with Gasteiger partial charge in [0.2, 0.25) is 0 Å². The number of nitrogens with two attached hydrogens (primary N) is 1. The van der Waals surface area contributed by atoms with Crippen molar-refractivity contribution in [1.29, 1.82) is 0 Å². The highest BCUT2D eigenvalue weighted by atomic mass is 16.5. The molecule has 0 spiro atoms. The van der Waals surface area contributed by atoms with Gasteiger partial charge < -0.3 is 25.1 Å². The molecule has 1 aliphatic heterocycles. The fourth-order valence-electron chi connectivity index (χ4n) is 4.73. The van der Waals surface area contributed by atoms with Crippen LogP contribution < -0.4 is 10.5 Å². The van der Waals surface area contributed by atoms with E-state index in [4.69, 9.17) is 19.9 Å². The van der Waals surface area contributed by atoms with Crippen LogP contribution in [0.2, 0.25) is 0 Å². The maximum atomic E-state index is 11.1. The summed E-state index contributed by atoms with van der Waals surface area (Å²) in [5, 5.41) is 11.1. The Hall–Kier alpha value is -3.03. The minimum atomic E-state index is -0.634. The van der Waals surface area contributed by atoms with Crippen LogP contribution >= 0.6 is 0 Å². The van der Waals surface area contributed by atoms with Crippen molar-refractivity contribution in [3.05, 3.63) is 65.1 Å². The van der Waals surface area contributed by atoms with Gasteiger partial charge >= 0.3 is 0 Å². The number of aliphatic hydroxyl groups excluding tert-OH is 1. The van der Waals surface area contributed by atoms with Crippen molar-refractivity contribution in [2.24, 2.45) is 5.92 Å². The van der Waals surface area contributed by atoms with Crippen molar-refractivity contribution in [2.45, 2.75) is 38.9 Å². The molecule has 1 aromatic heterocycles. The van der Waals surface area contributed by atoms with Crippen molar-refractivity contribution in [3.8, 4) is 17.0 Å². The number of benzene rings is 1. The molecule has 2 unspecified atom stereocenters. The van der Waals surface area contributed by atoms with E-state index in [-0.39, 0.29) is 6.10 Å². The minimum Gasteiger partial charge on any atom is -0.497 e. The lowest BCUT2D eigenvalue weighted by molar-refractivity contribution is 0.101. The zero-order valence-electron chi connectivity index (χ0n) is 20.5. The third-order valence-corrected chi connectivity index (χ3v) is 6.44. The van der Waals surface area contributed by atoms with E-state index in [1.807, 2.05) is 44.2 Å². The maximum absolute atomic E-state index is 11.1. The zero-order valence-corrected chi connectivity index (χ0v) is 20.5. The number of allylic oxidation sites excluding steroid dienone is 2. The molecule has 3 N–H and O–H groups in total. The Labute approximate surface area is 201 Å². The summed E-state index contributed by atoms with van der Waals surface area (Å²) in [6, 6.07) is 11.4. The number of rotatable bonds is 8. The molecule has 7 nitrogen and oxygen atoms in total. The first-order valence-corrected chi connectivity index (χ1v) is 11.8. The van der Waals surface area contributed by atoms with Gasteiger partial charge in [-0.1, -0.05) is 12.1 Å². The molecule has 2 atom stereocenters.